The van der Waals surface area contributed by atoms with Gasteiger partial charge in [-0.05, 0) is 41.5 Å². The van der Waals surface area contributed by atoms with E-state index in [1.165, 1.54) is 27.8 Å². The Hall–Kier alpha value is -5.55. The molecule has 9 rings (SSSR count). The van der Waals surface area contributed by atoms with Crippen molar-refractivity contribution < 1.29 is 4.42 Å². The van der Waals surface area contributed by atoms with Crippen LogP contribution in [0.5, 0.6) is 0 Å². The van der Waals surface area contributed by atoms with Crippen molar-refractivity contribution in [3.05, 3.63) is 133 Å². The van der Waals surface area contributed by atoms with Crippen molar-refractivity contribution in [2.45, 2.75) is 19.3 Å². The van der Waals surface area contributed by atoms with Gasteiger partial charge in [0, 0.05) is 44.0 Å². The summed E-state index contributed by atoms with van der Waals surface area (Å²) in [5.74, 6) is 1.87. The first-order valence-corrected chi connectivity index (χ1v) is 14.6. The molecule has 0 saturated heterocycles. The lowest BCUT2D eigenvalue weighted by molar-refractivity contribution is 0.617. The Balaban J connectivity index is 1.35. The third-order valence-electron chi connectivity index (χ3n) is 8.83. The van der Waals surface area contributed by atoms with Gasteiger partial charge in [0.05, 0.1) is 5.52 Å². The molecule has 0 radical (unpaired) electrons. The number of rotatable bonds is 3. The van der Waals surface area contributed by atoms with E-state index in [-0.39, 0.29) is 5.41 Å². The molecule has 0 unspecified atom stereocenters. The van der Waals surface area contributed by atoms with Gasteiger partial charge in [-0.2, -0.15) is 9.97 Å². The van der Waals surface area contributed by atoms with Crippen molar-refractivity contribution in [1.29, 1.82) is 0 Å². The standard InChI is InChI=1S/C38H26N4O/c1-38(2)29-17-9-6-15-26(29)33-27-16-7-10-18-30(27)42(34(33)38)37-40-35(23-12-4-3-5-13-23)39-36(41-37)24-20-21-32-28(22-24)25-14-8-11-19-31(25)43-32/h3-22H,1-2H3. The van der Waals surface area contributed by atoms with Crippen LogP contribution in [0.25, 0.3) is 72.7 Å². The van der Waals surface area contributed by atoms with Gasteiger partial charge in [-0.25, -0.2) is 4.98 Å². The summed E-state index contributed by atoms with van der Waals surface area (Å²) in [6, 6.07) is 41.8. The zero-order valence-electron chi connectivity index (χ0n) is 23.7. The quantitative estimate of drug-likeness (QED) is 0.218. The average molecular weight is 555 g/mol. The zero-order valence-corrected chi connectivity index (χ0v) is 23.7. The monoisotopic (exact) mass is 554 g/mol. The molecule has 1 aliphatic rings. The zero-order chi connectivity index (χ0) is 28.7. The van der Waals surface area contributed by atoms with E-state index < -0.39 is 0 Å². The summed E-state index contributed by atoms with van der Waals surface area (Å²) in [6.07, 6.45) is 0. The second-order valence-corrected chi connectivity index (χ2v) is 11.7. The first-order valence-electron chi connectivity index (χ1n) is 14.6. The fourth-order valence-corrected chi connectivity index (χ4v) is 6.86. The van der Waals surface area contributed by atoms with Crippen LogP contribution < -0.4 is 0 Å². The molecule has 0 atom stereocenters. The van der Waals surface area contributed by atoms with E-state index >= 15 is 0 Å². The van der Waals surface area contributed by atoms with Crippen LogP contribution in [0.15, 0.2) is 126 Å². The van der Waals surface area contributed by atoms with Crippen LogP contribution in [0.4, 0.5) is 0 Å². The summed E-state index contributed by atoms with van der Waals surface area (Å²) >= 11 is 0. The minimum absolute atomic E-state index is 0.251. The molecule has 0 bridgehead atoms. The maximum atomic E-state index is 6.11. The molecule has 0 saturated carbocycles. The van der Waals surface area contributed by atoms with Crippen LogP contribution in [0.2, 0.25) is 0 Å². The van der Waals surface area contributed by atoms with Crippen molar-refractivity contribution >= 4 is 32.8 Å². The van der Waals surface area contributed by atoms with Gasteiger partial charge >= 0.3 is 0 Å². The number of benzene rings is 5. The predicted molar refractivity (Wildman–Crippen MR) is 172 cm³/mol. The summed E-state index contributed by atoms with van der Waals surface area (Å²) < 4.78 is 8.37. The summed E-state index contributed by atoms with van der Waals surface area (Å²) in [5, 5.41) is 3.32. The molecule has 0 aliphatic heterocycles. The molecule has 43 heavy (non-hydrogen) atoms. The molecular formula is C38H26N4O. The number of aromatic nitrogens is 4. The summed E-state index contributed by atoms with van der Waals surface area (Å²) in [6.45, 7) is 4.59. The van der Waals surface area contributed by atoms with E-state index in [4.69, 9.17) is 19.4 Å². The van der Waals surface area contributed by atoms with Gasteiger partial charge < -0.3 is 4.42 Å². The highest BCUT2D eigenvalue weighted by Crippen LogP contribution is 2.53. The summed E-state index contributed by atoms with van der Waals surface area (Å²) in [5.41, 5.74) is 9.44. The second kappa shape index (κ2) is 8.73. The molecule has 0 N–H and O–H groups in total. The van der Waals surface area contributed by atoms with Gasteiger partial charge in [-0.1, -0.05) is 105 Å². The minimum Gasteiger partial charge on any atom is -0.456 e. The predicted octanol–water partition coefficient (Wildman–Crippen LogP) is 9.36. The lowest BCUT2D eigenvalue weighted by Gasteiger charge is -2.24. The van der Waals surface area contributed by atoms with E-state index in [9.17, 15) is 0 Å². The van der Waals surface area contributed by atoms with Crippen molar-refractivity contribution in [2.75, 3.05) is 0 Å². The van der Waals surface area contributed by atoms with Gasteiger partial charge in [0.1, 0.15) is 11.2 Å². The average Bonchev–Trinajstić information content (AvgIpc) is 3.68. The molecule has 3 heterocycles. The maximum absolute atomic E-state index is 6.11. The molecule has 5 heteroatoms. The Morgan fingerprint density at radius 3 is 2.12 bits per heavy atom. The summed E-state index contributed by atoms with van der Waals surface area (Å²) in [7, 11) is 0. The normalized spacial score (nSPS) is 13.5. The van der Waals surface area contributed by atoms with Crippen LogP contribution >= 0.6 is 0 Å². The lowest BCUT2D eigenvalue weighted by Crippen LogP contribution is -2.21. The third kappa shape index (κ3) is 3.42. The largest absolute Gasteiger partial charge is 0.456 e. The lowest BCUT2D eigenvalue weighted by atomic mass is 9.85. The summed E-state index contributed by atoms with van der Waals surface area (Å²) in [4.78, 5) is 15.4. The fraction of sp³-hybridized carbons (Fsp3) is 0.0789. The molecule has 0 fully saturated rings. The van der Waals surface area contributed by atoms with Crippen LogP contribution in [-0.2, 0) is 5.41 Å². The van der Waals surface area contributed by atoms with Crippen LogP contribution in [0.3, 0.4) is 0 Å². The Morgan fingerprint density at radius 2 is 1.26 bits per heavy atom. The first kappa shape index (κ1) is 24.1. The SMILES string of the molecule is CC1(C)c2ccccc2-c2c1n(-c1nc(-c3ccccc3)nc(-c3ccc4oc5ccccc5c4c3)n1)c1ccccc21. The highest BCUT2D eigenvalue weighted by Gasteiger charge is 2.41. The Labute approximate surface area is 248 Å². The molecule has 0 amide bonds. The topological polar surface area (TPSA) is 56.7 Å². The van der Waals surface area contributed by atoms with Gasteiger partial charge in [-0.3, -0.25) is 4.57 Å². The fourth-order valence-electron chi connectivity index (χ4n) is 6.86. The van der Waals surface area contributed by atoms with E-state index in [1.54, 1.807) is 0 Å². The van der Waals surface area contributed by atoms with E-state index in [0.717, 1.165) is 38.6 Å². The maximum Gasteiger partial charge on any atom is 0.238 e. The molecular weight excluding hydrogens is 528 g/mol. The van der Waals surface area contributed by atoms with Crippen LogP contribution in [0.1, 0.15) is 25.1 Å². The minimum atomic E-state index is -0.251. The smallest absolute Gasteiger partial charge is 0.238 e. The Bertz CT molecular complexity index is 2380. The van der Waals surface area contributed by atoms with Gasteiger partial charge in [-0.15, -0.1) is 0 Å². The second-order valence-electron chi connectivity index (χ2n) is 11.7. The number of hydrogen-bond donors (Lipinski definition) is 0. The number of nitrogens with zero attached hydrogens (tertiary/aromatic N) is 4. The third-order valence-corrected chi connectivity index (χ3v) is 8.83. The molecule has 5 nitrogen and oxygen atoms in total. The number of furan rings is 1. The number of para-hydroxylation sites is 2. The van der Waals surface area contributed by atoms with Gasteiger partial charge in [0.2, 0.25) is 5.95 Å². The molecule has 3 aromatic heterocycles. The number of fused-ring (bicyclic) bond motifs is 8. The van der Waals surface area contributed by atoms with E-state index in [0.29, 0.717) is 17.6 Å². The van der Waals surface area contributed by atoms with Gasteiger partial charge in [0.15, 0.2) is 11.6 Å². The molecule has 1 aliphatic carbocycles. The van der Waals surface area contributed by atoms with E-state index in [1.807, 2.05) is 60.7 Å². The van der Waals surface area contributed by atoms with E-state index in [2.05, 4.69) is 79.1 Å². The van der Waals surface area contributed by atoms with Crippen molar-refractivity contribution in [3.63, 3.8) is 0 Å². The molecule has 204 valence electrons. The van der Waals surface area contributed by atoms with Crippen LogP contribution in [0, 0.1) is 0 Å². The molecule has 5 aromatic carbocycles. The number of hydrogen-bond acceptors (Lipinski definition) is 4. The Morgan fingerprint density at radius 1 is 0.581 bits per heavy atom. The highest BCUT2D eigenvalue weighted by atomic mass is 16.3. The molecule has 0 spiro atoms. The van der Waals surface area contributed by atoms with Crippen molar-refractivity contribution in [3.8, 4) is 39.9 Å². The Kier molecular flexibility index (Phi) is 4.89. The van der Waals surface area contributed by atoms with Crippen LogP contribution in [-0.4, -0.2) is 19.5 Å². The first-order chi connectivity index (χ1) is 21.1. The molecule has 8 aromatic rings. The van der Waals surface area contributed by atoms with Gasteiger partial charge in [0.25, 0.3) is 0 Å². The van der Waals surface area contributed by atoms with Crippen molar-refractivity contribution in [1.82, 2.24) is 19.5 Å². The highest BCUT2D eigenvalue weighted by molar-refractivity contribution is 6.06. The van der Waals surface area contributed by atoms with Crippen molar-refractivity contribution in [2.24, 2.45) is 0 Å².